The van der Waals surface area contributed by atoms with Gasteiger partial charge < -0.3 is 14.1 Å². The third-order valence-corrected chi connectivity index (χ3v) is 7.71. The molecule has 12 heteroatoms. The normalized spacial score (nSPS) is 25.6. The van der Waals surface area contributed by atoms with E-state index in [2.05, 4.69) is 10.2 Å². The summed E-state index contributed by atoms with van der Waals surface area (Å²) in [6.45, 7) is 1.45. The van der Waals surface area contributed by atoms with Crippen LogP contribution in [-0.4, -0.2) is 61.0 Å². The van der Waals surface area contributed by atoms with Gasteiger partial charge in [0, 0.05) is 25.3 Å². The van der Waals surface area contributed by atoms with Crippen LogP contribution in [0.4, 0.5) is 13.2 Å². The molecular weight excluding hydrogens is 463 g/mol. The Morgan fingerprint density at radius 3 is 2.67 bits per heavy atom. The highest BCUT2D eigenvalue weighted by molar-refractivity contribution is 7.90. The summed E-state index contributed by atoms with van der Waals surface area (Å²) in [6.07, 6.45) is -3.06. The first-order chi connectivity index (χ1) is 15.4. The molecule has 5 rings (SSSR count). The lowest BCUT2D eigenvalue weighted by Crippen LogP contribution is -2.35. The maximum Gasteiger partial charge on any atom is 0.425 e. The zero-order valence-electron chi connectivity index (χ0n) is 17.9. The zero-order chi connectivity index (χ0) is 23.8. The number of carbonyl (C=O) groups is 1. The molecule has 1 amide bonds. The predicted octanol–water partition coefficient (Wildman–Crippen LogP) is 3.09. The van der Waals surface area contributed by atoms with Gasteiger partial charge in [-0.1, -0.05) is 0 Å². The first kappa shape index (κ1) is 22.2. The molecule has 8 nitrogen and oxygen atoms in total. The Bertz CT molecular complexity index is 1220. The molecule has 0 spiro atoms. The van der Waals surface area contributed by atoms with E-state index in [9.17, 15) is 26.4 Å². The maximum absolute atomic E-state index is 13.3. The van der Waals surface area contributed by atoms with Gasteiger partial charge >= 0.3 is 6.18 Å². The van der Waals surface area contributed by atoms with Crippen molar-refractivity contribution < 1.29 is 35.5 Å². The number of likely N-dealkylation sites (tertiary alicyclic amines) is 1. The molecule has 1 aromatic carbocycles. The van der Waals surface area contributed by atoms with Crippen LogP contribution >= 0.6 is 0 Å². The number of aromatic nitrogens is 2. The van der Waals surface area contributed by atoms with Crippen LogP contribution in [0.5, 0.6) is 5.75 Å². The molecular formula is C21H22F3N3O5S. The number of alkyl halides is 3. The van der Waals surface area contributed by atoms with Crippen molar-refractivity contribution in [2.24, 2.45) is 5.92 Å². The van der Waals surface area contributed by atoms with E-state index in [1.165, 1.54) is 4.90 Å². The van der Waals surface area contributed by atoms with E-state index < -0.39 is 33.4 Å². The van der Waals surface area contributed by atoms with Gasteiger partial charge in [-0.3, -0.25) is 4.79 Å². The van der Waals surface area contributed by atoms with Crippen LogP contribution in [-0.2, 0) is 15.3 Å². The molecule has 3 fully saturated rings. The van der Waals surface area contributed by atoms with Crippen molar-refractivity contribution in [2.75, 3.05) is 19.3 Å². The Hall–Kier alpha value is -2.63. The van der Waals surface area contributed by atoms with Gasteiger partial charge in [-0.25, -0.2) is 8.42 Å². The third-order valence-electron chi connectivity index (χ3n) is 6.60. The molecule has 178 valence electrons. The molecule has 1 aliphatic heterocycles. The van der Waals surface area contributed by atoms with Crippen molar-refractivity contribution in [3.8, 4) is 5.75 Å². The van der Waals surface area contributed by atoms with Crippen LogP contribution in [0.3, 0.4) is 0 Å². The van der Waals surface area contributed by atoms with Crippen LogP contribution in [0.15, 0.2) is 27.5 Å². The lowest BCUT2D eigenvalue weighted by atomic mass is 10.1. The van der Waals surface area contributed by atoms with Crippen molar-refractivity contribution in [3.05, 3.63) is 35.5 Å². The fourth-order valence-corrected chi connectivity index (χ4v) is 4.98. The minimum atomic E-state index is -4.65. The molecule has 0 radical (unpaired) electrons. The highest BCUT2D eigenvalue weighted by atomic mass is 32.2. The molecule has 33 heavy (non-hydrogen) atoms. The summed E-state index contributed by atoms with van der Waals surface area (Å²) in [5.41, 5.74) is -0.681. The molecule has 2 saturated carbocycles. The maximum atomic E-state index is 13.3. The standard InChI is InChI=1S/C21H22F3N3O5S/c1-11(21(22,23)24)31-16-6-5-14(33(2,29)30)7-15(16)18(28)27-9-13-8-20(13,10-27)19-26-25-17(32-19)12-3-4-12/h5-7,11-13H,3-4,8-10H2,1-2H3/t11-,13?,20+/m1/s1. The van der Waals surface area contributed by atoms with E-state index in [0.29, 0.717) is 24.2 Å². The van der Waals surface area contributed by atoms with Gasteiger partial charge in [-0.2, -0.15) is 13.2 Å². The van der Waals surface area contributed by atoms with Crippen LogP contribution in [0.2, 0.25) is 0 Å². The topological polar surface area (TPSA) is 103 Å². The van der Waals surface area contributed by atoms with Crippen molar-refractivity contribution in [1.82, 2.24) is 15.1 Å². The lowest BCUT2D eigenvalue weighted by Gasteiger charge is -2.24. The third kappa shape index (κ3) is 3.98. The number of piperidine rings is 1. The van der Waals surface area contributed by atoms with Gasteiger partial charge in [0.2, 0.25) is 11.8 Å². The Labute approximate surface area is 188 Å². The van der Waals surface area contributed by atoms with Crippen LogP contribution in [0.1, 0.15) is 54.2 Å². The van der Waals surface area contributed by atoms with E-state index in [0.717, 1.165) is 50.6 Å². The van der Waals surface area contributed by atoms with Crippen LogP contribution < -0.4 is 4.74 Å². The summed E-state index contributed by atoms with van der Waals surface area (Å²) in [7, 11) is -3.69. The smallest absolute Gasteiger partial charge is 0.425 e. The Morgan fingerprint density at radius 1 is 1.30 bits per heavy atom. The number of sulfone groups is 1. The average molecular weight is 485 g/mol. The summed E-state index contributed by atoms with van der Waals surface area (Å²) in [6, 6.07) is 3.30. The second kappa shape index (κ2) is 7.18. The SMILES string of the molecule is C[C@@H](Oc1ccc(S(C)(=O)=O)cc1C(=O)N1CC2C[C@]2(c2nnc(C3CC3)o2)C1)C(F)(F)F. The molecule has 1 unspecified atom stereocenters. The molecule has 2 aliphatic carbocycles. The summed E-state index contributed by atoms with van der Waals surface area (Å²) in [4.78, 5) is 14.7. The quantitative estimate of drug-likeness (QED) is 0.620. The minimum absolute atomic E-state index is 0.102. The molecule has 1 saturated heterocycles. The first-order valence-electron chi connectivity index (χ1n) is 10.6. The number of halogens is 3. The molecule has 2 aromatic rings. The van der Waals surface area contributed by atoms with Crippen molar-refractivity contribution in [3.63, 3.8) is 0 Å². The second-order valence-corrected chi connectivity index (χ2v) is 11.2. The molecule has 3 aliphatic rings. The average Bonchev–Trinajstić information content (AvgIpc) is 3.61. The second-order valence-electron chi connectivity index (χ2n) is 9.19. The minimum Gasteiger partial charge on any atom is -0.480 e. The first-order valence-corrected chi connectivity index (χ1v) is 12.5. The number of hydrogen-bond acceptors (Lipinski definition) is 7. The number of carbonyl (C=O) groups excluding carboxylic acids is 1. The van der Waals surface area contributed by atoms with Crippen molar-refractivity contribution in [2.45, 2.75) is 54.7 Å². The van der Waals surface area contributed by atoms with Crippen molar-refractivity contribution in [1.29, 1.82) is 0 Å². The fraction of sp³-hybridized carbons (Fsp3) is 0.571. The summed E-state index contributed by atoms with van der Waals surface area (Å²) in [5, 5.41) is 8.30. The fourth-order valence-electron chi connectivity index (χ4n) is 4.34. The molecule has 1 aromatic heterocycles. The molecule has 0 N–H and O–H groups in total. The highest BCUT2D eigenvalue weighted by Gasteiger charge is 2.65. The monoisotopic (exact) mass is 485 g/mol. The molecule has 2 heterocycles. The van der Waals surface area contributed by atoms with Gasteiger partial charge in [0.05, 0.1) is 15.9 Å². The van der Waals surface area contributed by atoms with Gasteiger partial charge in [0.25, 0.3) is 5.91 Å². The number of hydrogen-bond donors (Lipinski definition) is 0. The highest BCUT2D eigenvalue weighted by Crippen LogP contribution is 2.59. The van der Waals surface area contributed by atoms with Crippen LogP contribution in [0.25, 0.3) is 0 Å². The van der Waals surface area contributed by atoms with E-state index in [1.54, 1.807) is 0 Å². The van der Waals surface area contributed by atoms with Gasteiger partial charge in [0.15, 0.2) is 15.9 Å². The van der Waals surface area contributed by atoms with Gasteiger partial charge in [-0.05, 0) is 50.3 Å². The van der Waals surface area contributed by atoms with E-state index in [4.69, 9.17) is 9.15 Å². The number of rotatable bonds is 6. The van der Waals surface area contributed by atoms with E-state index in [1.807, 2.05) is 0 Å². The number of ether oxygens (including phenoxy) is 1. The summed E-state index contributed by atoms with van der Waals surface area (Å²) >= 11 is 0. The van der Waals surface area contributed by atoms with Crippen LogP contribution in [0, 0.1) is 5.92 Å². The largest absolute Gasteiger partial charge is 0.480 e. The van der Waals surface area contributed by atoms with E-state index >= 15 is 0 Å². The summed E-state index contributed by atoms with van der Waals surface area (Å²) < 4.78 is 74.1. The number of nitrogens with zero attached hydrogens (tertiary/aromatic N) is 3. The Morgan fingerprint density at radius 2 is 2.03 bits per heavy atom. The number of amides is 1. The van der Waals surface area contributed by atoms with Gasteiger partial charge in [-0.15, -0.1) is 10.2 Å². The van der Waals surface area contributed by atoms with E-state index in [-0.39, 0.29) is 28.7 Å². The van der Waals surface area contributed by atoms with Gasteiger partial charge in [0.1, 0.15) is 5.75 Å². The summed E-state index contributed by atoms with van der Waals surface area (Å²) in [5.74, 6) is 0.571. The molecule has 0 bridgehead atoms. The Balaban J connectivity index is 1.42. The number of fused-ring (bicyclic) bond motifs is 1. The zero-order valence-corrected chi connectivity index (χ0v) is 18.7. The molecule has 3 atom stereocenters. The van der Waals surface area contributed by atoms with Crippen molar-refractivity contribution >= 4 is 15.7 Å². The Kier molecular flexibility index (Phi) is 4.83. The lowest BCUT2D eigenvalue weighted by molar-refractivity contribution is -0.189. The number of benzene rings is 1. The predicted molar refractivity (Wildman–Crippen MR) is 108 cm³/mol.